The molecule has 9 nitrogen and oxygen atoms in total. The van der Waals surface area contributed by atoms with Gasteiger partial charge in [0.25, 0.3) is 5.91 Å². The average molecular weight is 447 g/mol. The number of rotatable bonds is 5. The van der Waals surface area contributed by atoms with Crippen LogP contribution < -0.4 is 10.6 Å². The van der Waals surface area contributed by atoms with E-state index in [1.54, 1.807) is 22.8 Å². The number of hydrogen-bond donors (Lipinski definition) is 1. The van der Waals surface area contributed by atoms with Crippen LogP contribution in [0, 0.1) is 11.8 Å². The highest BCUT2D eigenvalue weighted by Gasteiger charge is 2.20. The van der Waals surface area contributed by atoms with Crippen molar-refractivity contribution in [2.45, 2.75) is 13.3 Å². The number of carbonyl (C=O) groups is 2. The van der Waals surface area contributed by atoms with E-state index in [1.807, 2.05) is 37.3 Å². The standard InChI is InChI=1S/C24H26N6O3/c1-3-28(2)21(31)9-5-7-17-6-4-8-18(14-17)30-24-20(22(27-30)23(25)32)15-19(16-26-24)29-10-12-33-13-11-29/h4,6,8,14-16H,3,9-13H2,1-2H3,(H2,25,32). The van der Waals surface area contributed by atoms with Crippen molar-refractivity contribution in [3.8, 4) is 17.5 Å². The van der Waals surface area contributed by atoms with Crippen molar-refractivity contribution in [1.82, 2.24) is 19.7 Å². The number of fused-ring (bicyclic) bond motifs is 1. The van der Waals surface area contributed by atoms with Gasteiger partial charge in [-0.25, -0.2) is 9.67 Å². The molecule has 0 spiro atoms. The first kappa shape index (κ1) is 22.3. The molecule has 0 aliphatic carbocycles. The van der Waals surface area contributed by atoms with Gasteiger partial charge in [0.2, 0.25) is 5.91 Å². The number of nitrogens with zero attached hydrogens (tertiary/aromatic N) is 5. The maximum absolute atomic E-state index is 12.1. The summed E-state index contributed by atoms with van der Waals surface area (Å²) in [5.74, 6) is 5.31. The fraction of sp³-hybridized carbons (Fsp3) is 0.333. The molecule has 1 aromatic carbocycles. The summed E-state index contributed by atoms with van der Waals surface area (Å²) < 4.78 is 7.01. The molecule has 3 heterocycles. The zero-order chi connectivity index (χ0) is 23.4. The lowest BCUT2D eigenvalue weighted by Crippen LogP contribution is -2.36. The molecule has 1 saturated heterocycles. The number of aromatic nitrogens is 3. The Morgan fingerprint density at radius 3 is 2.73 bits per heavy atom. The average Bonchev–Trinajstić information content (AvgIpc) is 3.23. The number of ether oxygens (including phenoxy) is 1. The smallest absolute Gasteiger partial charge is 0.269 e. The van der Waals surface area contributed by atoms with Crippen LogP contribution in [0.4, 0.5) is 5.69 Å². The first-order valence-electron chi connectivity index (χ1n) is 10.8. The molecule has 2 N–H and O–H groups in total. The lowest BCUT2D eigenvalue weighted by atomic mass is 10.2. The second-order valence-electron chi connectivity index (χ2n) is 7.73. The fourth-order valence-electron chi connectivity index (χ4n) is 3.60. The Bertz CT molecular complexity index is 1250. The predicted octanol–water partition coefficient (Wildman–Crippen LogP) is 1.58. The quantitative estimate of drug-likeness (QED) is 0.597. The number of amides is 2. The number of benzene rings is 1. The van der Waals surface area contributed by atoms with Crippen LogP contribution in [0.2, 0.25) is 0 Å². The van der Waals surface area contributed by atoms with E-state index in [0.717, 1.165) is 24.3 Å². The second-order valence-corrected chi connectivity index (χ2v) is 7.73. The highest BCUT2D eigenvalue weighted by molar-refractivity contribution is 6.04. The minimum atomic E-state index is -0.616. The van der Waals surface area contributed by atoms with Gasteiger partial charge < -0.3 is 20.3 Å². The van der Waals surface area contributed by atoms with Crippen molar-refractivity contribution in [3.05, 3.63) is 47.8 Å². The molecule has 33 heavy (non-hydrogen) atoms. The minimum Gasteiger partial charge on any atom is -0.378 e. The summed E-state index contributed by atoms with van der Waals surface area (Å²) in [4.78, 5) is 32.5. The van der Waals surface area contributed by atoms with Crippen LogP contribution >= 0.6 is 0 Å². The molecule has 0 unspecified atom stereocenters. The van der Waals surface area contributed by atoms with Crippen molar-refractivity contribution in [2.24, 2.45) is 5.73 Å². The SMILES string of the molecule is CCN(C)C(=O)CC#Cc1cccc(-n2nc(C(N)=O)c3cc(N4CCOCC4)cnc32)c1. The van der Waals surface area contributed by atoms with Crippen molar-refractivity contribution in [3.63, 3.8) is 0 Å². The number of primary amides is 1. The van der Waals surface area contributed by atoms with Gasteiger partial charge in [-0.3, -0.25) is 9.59 Å². The molecule has 170 valence electrons. The summed E-state index contributed by atoms with van der Waals surface area (Å²) in [5, 5.41) is 5.05. The number of nitrogens with two attached hydrogens (primary N) is 1. The van der Waals surface area contributed by atoms with E-state index in [4.69, 9.17) is 10.5 Å². The number of hydrogen-bond acceptors (Lipinski definition) is 6. The van der Waals surface area contributed by atoms with Crippen LogP contribution in [0.25, 0.3) is 16.7 Å². The van der Waals surface area contributed by atoms with Crippen molar-refractivity contribution >= 4 is 28.5 Å². The molecule has 0 bridgehead atoms. The van der Waals surface area contributed by atoms with Gasteiger partial charge in [-0.05, 0) is 31.2 Å². The monoisotopic (exact) mass is 446 g/mol. The van der Waals surface area contributed by atoms with Crippen LogP contribution in [-0.4, -0.2) is 71.4 Å². The Morgan fingerprint density at radius 1 is 1.21 bits per heavy atom. The molecular formula is C24H26N6O3. The molecule has 3 aromatic rings. The van der Waals surface area contributed by atoms with Gasteiger partial charge in [-0.15, -0.1) is 0 Å². The second kappa shape index (κ2) is 9.71. The van der Waals surface area contributed by atoms with E-state index < -0.39 is 5.91 Å². The van der Waals surface area contributed by atoms with Gasteiger partial charge >= 0.3 is 0 Å². The third kappa shape index (κ3) is 4.81. The summed E-state index contributed by atoms with van der Waals surface area (Å²) in [6.45, 7) is 5.36. The first-order valence-corrected chi connectivity index (χ1v) is 10.8. The first-order chi connectivity index (χ1) is 16.0. The van der Waals surface area contributed by atoms with E-state index in [9.17, 15) is 9.59 Å². The van der Waals surface area contributed by atoms with Gasteiger partial charge in [0.1, 0.15) is 0 Å². The Balaban J connectivity index is 1.68. The van der Waals surface area contributed by atoms with Crippen LogP contribution in [0.5, 0.6) is 0 Å². The molecule has 9 heteroatoms. The van der Waals surface area contributed by atoms with Gasteiger partial charge in [-0.2, -0.15) is 5.10 Å². The van der Waals surface area contributed by atoms with Crippen LogP contribution in [0.3, 0.4) is 0 Å². The molecule has 0 saturated carbocycles. The summed E-state index contributed by atoms with van der Waals surface area (Å²) >= 11 is 0. The molecule has 1 aliphatic heterocycles. The van der Waals surface area contributed by atoms with Crippen molar-refractivity contribution in [2.75, 3.05) is 44.8 Å². The minimum absolute atomic E-state index is 0.0226. The van der Waals surface area contributed by atoms with E-state index in [2.05, 4.69) is 26.8 Å². The molecule has 4 rings (SSSR count). The van der Waals surface area contributed by atoms with E-state index in [-0.39, 0.29) is 18.0 Å². The molecule has 2 aromatic heterocycles. The normalized spacial score (nSPS) is 13.5. The van der Waals surface area contributed by atoms with E-state index in [0.29, 0.717) is 36.5 Å². The number of anilines is 1. The van der Waals surface area contributed by atoms with E-state index >= 15 is 0 Å². The largest absolute Gasteiger partial charge is 0.378 e. The van der Waals surface area contributed by atoms with E-state index in [1.165, 1.54) is 0 Å². The zero-order valence-electron chi connectivity index (χ0n) is 18.7. The molecule has 0 atom stereocenters. The molecule has 2 amide bonds. The Morgan fingerprint density at radius 2 is 2.00 bits per heavy atom. The van der Waals surface area contributed by atoms with Gasteiger partial charge in [0.05, 0.1) is 42.6 Å². The third-order valence-electron chi connectivity index (χ3n) is 5.58. The predicted molar refractivity (Wildman–Crippen MR) is 125 cm³/mol. The highest BCUT2D eigenvalue weighted by atomic mass is 16.5. The lowest BCUT2D eigenvalue weighted by Gasteiger charge is -2.28. The highest BCUT2D eigenvalue weighted by Crippen LogP contribution is 2.26. The lowest BCUT2D eigenvalue weighted by molar-refractivity contribution is -0.128. The summed E-state index contributed by atoms with van der Waals surface area (Å²) in [6, 6.07) is 9.30. The summed E-state index contributed by atoms with van der Waals surface area (Å²) in [6.07, 6.45) is 1.92. The zero-order valence-corrected chi connectivity index (χ0v) is 18.7. The van der Waals surface area contributed by atoms with Crippen molar-refractivity contribution in [1.29, 1.82) is 0 Å². The van der Waals surface area contributed by atoms with Crippen molar-refractivity contribution < 1.29 is 14.3 Å². The maximum atomic E-state index is 12.1. The number of carbonyl (C=O) groups excluding carboxylic acids is 2. The number of pyridine rings is 1. The number of morpholine rings is 1. The van der Waals surface area contributed by atoms with Crippen LogP contribution in [-0.2, 0) is 9.53 Å². The van der Waals surface area contributed by atoms with Crippen LogP contribution in [0.1, 0.15) is 29.4 Å². The van der Waals surface area contributed by atoms with Gasteiger partial charge in [0, 0.05) is 32.2 Å². The van der Waals surface area contributed by atoms with Gasteiger partial charge in [0.15, 0.2) is 11.3 Å². The molecule has 1 fully saturated rings. The Labute approximate surface area is 192 Å². The van der Waals surface area contributed by atoms with Gasteiger partial charge in [-0.1, -0.05) is 17.9 Å². The molecular weight excluding hydrogens is 420 g/mol. The Kier molecular flexibility index (Phi) is 6.56. The maximum Gasteiger partial charge on any atom is 0.269 e. The third-order valence-corrected chi connectivity index (χ3v) is 5.58. The Hall–Kier alpha value is -3.90. The summed E-state index contributed by atoms with van der Waals surface area (Å²) in [5.41, 5.74) is 8.65. The van der Waals surface area contributed by atoms with Crippen LogP contribution in [0.15, 0.2) is 36.5 Å². The fourth-order valence-corrected chi connectivity index (χ4v) is 3.60. The topological polar surface area (TPSA) is 107 Å². The summed E-state index contributed by atoms with van der Waals surface area (Å²) in [7, 11) is 1.75. The molecule has 0 radical (unpaired) electrons. The molecule has 1 aliphatic rings.